The third kappa shape index (κ3) is 3.07. The van der Waals surface area contributed by atoms with Crippen LogP contribution in [0.3, 0.4) is 0 Å². The van der Waals surface area contributed by atoms with Crippen molar-refractivity contribution >= 4 is 32.9 Å². The zero-order valence-electron chi connectivity index (χ0n) is 11.8. The van der Waals surface area contributed by atoms with Crippen LogP contribution in [0.4, 0.5) is 0 Å². The highest BCUT2D eigenvalue weighted by molar-refractivity contribution is 7.18. The molecule has 0 fully saturated rings. The van der Waals surface area contributed by atoms with Gasteiger partial charge >= 0.3 is 0 Å². The van der Waals surface area contributed by atoms with Crippen molar-refractivity contribution < 1.29 is 0 Å². The van der Waals surface area contributed by atoms with E-state index in [1.54, 1.807) is 16.2 Å². The summed E-state index contributed by atoms with van der Waals surface area (Å²) in [4.78, 5) is 10.3. The fraction of sp³-hybridized carbons (Fsp3) is 0.375. The molecule has 0 N–H and O–H groups in total. The van der Waals surface area contributed by atoms with E-state index in [0.717, 1.165) is 10.5 Å². The summed E-state index contributed by atoms with van der Waals surface area (Å²) in [6, 6.07) is 8.19. The summed E-state index contributed by atoms with van der Waals surface area (Å²) in [6.45, 7) is 4.13. The molecule has 4 heteroatoms. The van der Waals surface area contributed by atoms with Gasteiger partial charge in [-0.15, -0.1) is 22.7 Å². The summed E-state index contributed by atoms with van der Waals surface area (Å²) in [5.41, 5.74) is 2.50. The van der Waals surface area contributed by atoms with Gasteiger partial charge in [-0.25, -0.2) is 9.97 Å². The lowest BCUT2D eigenvalue weighted by atomic mass is 10.0. The largest absolute Gasteiger partial charge is 0.246 e. The van der Waals surface area contributed by atoms with Crippen LogP contribution in [0.25, 0.3) is 10.2 Å². The number of rotatable bonds is 0. The molecule has 1 aliphatic rings. The monoisotopic (exact) mass is 302 g/mol. The average molecular weight is 302 g/mol. The lowest BCUT2D eigenvalue weighted by Gasteiger charge is -2.06. The van der Waals surface area contributed by atoms with E-state index in [0.29, 0.717) is 0 Å². The molecule has 0 radical (unpaired) electrons. The molecule has 2 nitrogen and oxygen atoms in total. The lowest BCUT2D eigenvalue weighted by Crippen LogP contribution is -1.98. The van der Waals surface area contributed by atoms with Crippen molar-refractivity contribution in [1.29, 1.82) is 0 Å². The minimum atomic E-state index is 1.12. The molecule has 0 amide bonds. The second-order valence-corrected chi connectivity index (χ2v) is 7.53. The number of aryl methyl sites for hydroxylation is 4. The number of aromatic nitrogens is 2. The number of hydrogen-bond donors (Lipinski definition) is 0. The van der Waals surface area contributed by atoms with Crippen LogP contribution in [0, 0.1) is 13.8 Å². The minimum absolute atomic E-state index is 1.12. The Labute approximate surface area is 127 Å². The van der Waals surface area contributed by atoms with E-state index in [2.05, 4.69) is 23.0 Å². The highest BCUT2D eigenvalue weighted by Crippen LogP contribution is 2.25. The van der Waals surface area contributed by atoms with Crippen molar-refractivity contribution in [2.75, 3.05) is 0 Å². The predicted molar refractivity (Wildman–Crippen MR) is 87.9 cm³/mol. The van der Waals surface area contributed by atoms with Gasteiger partial charge in [-0.2, -0.15) is 0 Å². The first-order chi connectivity index (χ1) is 9.72. The van der Waals surface area contributed by atoms with Crippen LogP contribution >= 0.6 is 22.7 Å². The Morgan fingerprint density at radius 2 is 1.65 bits per heavy atom. The van der Waals surface area contributed by atoms with Crippen LogP contribution in [0.2, 0.25) is 0 Å². The fourth-order valence-electron chi connectivity index (χ4n) is 2.47. The molecule has 0 spiro atoms. The van der Waals surface area contributed by atoms with Crippen molar-refractivity contribution in [2.24, 2.45) is 0 Å². The third-order valence-electron chi connectivity index (χ3n) is 3.35. The summed E-state index contributed by atoms with van der Waals surface area (Å²) in [7, 11) is 0. The number of benzene rings is 1. The van der Waals surface area contributed by atoms with Crippen LogP contribution in [-0.4, -0.2) is 9.97 Å². The van der Waals surface area contributed by atoms with E-state index in [1.807, 2.05) is 36.5 Å². The van der Waals surface area contributed by atoms with Crippen LogP contribution in [0.15, 0.2) is 24.3 Å². The van der Waals surface area contributed by atoms with Crippen molar-refractivity contribution in [2.45, 2.75) is 39.5 Å². The Morgan fingerprint density at radius 3 is 2.45 bits per heavy atom. The van der Waals surface area contributed by atoms with Gasteiger partial charge in [0.15, 0.2) is 0 Å². The number of thiazole rings is 2. The number of para-hydroxylation sites is 1. The first kappa shape index (κ1) is 13.7. The molecule has 0 bridgehead atoms. The Balaban J connectivity index is 0.000000121. The Kier molecular flexibility index (Phi) is 4.13. The summed E-state index contributed by atoms with van der Waals surface area (Å²) >= 11 is 3.62. The average Bonchev–Trinajstić information content (AvgIpc) is 2.99. The second-order valence-electron chi connectivity index (χ2n) is 5.01. The van der Waals surface area contributed by atoms with E-state index in [-0.39, 0.29) is 0 Å². The molecule has 2 aromatic heterocycles. The highest BCUT2D eigenvalue weighted by atomic mass is 32.1. The molecule has 2 heterocycles. The van der Waals surface area contributed by atoms with E-state index < -0.39 is 0 Å². The predicted octanol–water partition coefficient (Wildman–Crippen LogP) is 4.94. The SMILES string of the molecule is Cc1nc2c(s1)CCCC2.Cc1nc2ccccc2s1. The Hall–Kier alpha value is -1.26. The van der Waals surface area contributed by atoms with Crippen LogP contribution in [0.5, 0.6) is 0 Å². The maximum atomic E-state index is 4.47. The first-order valence-electron chi connectivity index (χ1n) is 7.00. The normalized spacial score (nSPS) is 13.7. The molecule has 20 heavy (non-hydrogen) atoms. The van der Waals surface area contributed by atoms with Crippen molar-refractivity contribution in [3.63, 3.8) is 0 Å². The van der Waals surface area contributed by atoms with Crippen molar-refractivity contribution in [1.82, 2.24) is 9.97 Å². The maximum absolute atomic E-state index is 4.47. The second kappa shape index (κ2) is 6.02. The van der Waals surface area contributed by atoms with E-state index in [9.17, 15) is 0 Å². The molecule has 1 aromatic carbocycles. The number of fused-ring (bicyclic) bond motifs is 2. The van der Waals surface area contributed by atoms with E-state index >= 15 is 0 Å². The molecular formula is C16H18N2S2. The molecular weight excluding hydrogens is 284 g/mol. The van der Waals surface area contributed by atoms with Crippen molar-refractivity contribution in [3.8, 4) is 0 Å². The van der Waals surface area contributed by atoms with E-state index in [1.165, 1.54) is 41.1 Å². The standard InChI is InChI=1S/C8H11NS.C8H7NS/c2*1-6-9-7-4-2-3-5-8(7)10-6/h2-5H2,1H3;2-5H,1H3. The van der Waals surface area contributed by atoms with Gasteiger partial charge in [-0.3, -0.25) is 0 Å². The maximum Gasteiger partial charge on any atom is 0.0907 e. The summed E-state index contributed by atoms with van der Waals surface area (Å²) < 4.78 is 1.28. The summed E-state index contributed by atoms with van der Waals surface area (Å²) in [5.74, 6) is 0. The Morgan fingerprint density at radius 1 is 0.900 bits per heavy atom. The smallest absolute Gasteiger partial charge is 0.0907 e. The van der Waals surface area contributed by atoms with Gasteiger partial charge in [-0.1, -0.05) is 12.1 Å². The van der Waals surface area contributed by atoms with Gasteiger partial charge in [0.2, 0.25) is 0 Å². The first-order valence-corrected chi connectivity index (χ1v) is 8.63. The van der Waals surface area contributed by atoms with Crippen molar-refractivity contribution in [3.05, 3.63) is 44.9 Å². The van der Waals surface area contributed by atoms with Crippen LogP contribution in [0.1, 0.15) is 33.4 Å². The highest BCUT2D eigenvalue weighted by Gasteiger charge is 2.12. The molecule has 1 aliphatic carbocycles. The minimum Gasteiger partial charge on any atom is -0.246 e. The van der Waals surface area contributed by atoms with Gasteiger partial charge in [0.25, 0.3) is 0 Å². The van der Waals surface area contributed by atoms with Crippen LogP contribution < -0.4 is 0 Å². The zero-order valence-corrected chi connectivity index (χ0v) is 13.5. The zero-order chi connectivity index (χ0) is 13.9. The number of nitrogens with zero attached hydrogens (tertiary/aromatic N) is 2. The van der Waals surface area contributed by atoms with Gasteiger partial charge in [0.1, 0.15) is 0 Å². The fourth-order valence-corrected chi connectivity index (χ4v) is 4.32. The number of hydrogen-bond acceptors (Lipinski definition) is 4. The lowest BCUT2D eigenvalue weighted by molar-refractivity contribution is 0.681. The molecule has 3 aromatic rings. The Bertz CT molecular complexity index is 656. The molecule has 4 rings (SSSR count). The summed E-state index contributed by atoms with van der Waals surface area (Å²) in [5, 5.41) is 2.38. The van der Waals surface area contributed by atoms with Gasteiger partial charge in [0.05, 0.1) is 25.9 Å². The molecule has 0 aliphatic heterocycles. The van der Waals surface area contributed by atoms with Crippen LogP contribution in [-0.2, 0) is 12.8 Å². The van der Waals surface area contributed by atoms with Gasteiger partial charge in [0, 0.05) is 4.88 Å². The molecule has 0 saturated heterocycles. The topological polar surface area (TPSA) is 25.8 Å². The van der Waals surface area contributed by atoms with E-state index in [4.69, 9.17) is 0 Å². The molecule has 0 unspecified atom stereocenters. The summed E-state index contributed by atoms with van der Waals surface area (Å²) in [6.07, 6.45) is 5.21. The third-order valence-corrected chi connectivity index (χ3v) is 5.38. The van der Waals surface area contributed by atoms with Gasteiger partial charge < -0.3 is 0 Å². The quantitative estimate of drug-likeness (QED) is 0.588. The molecule has 0 saturated carbocycles. The molecule has 0 atom stereocenters. The van der Waals surface area contributed by atoms with Gasteiger partial charge in [-0.05, 0) is 51.7 Å². The molecule has 104 valence electrons.